The van der Waals surface area contributed by atoms with E-state index in [0.29, 0.717) is 6.04 Å². The number of carbonyl (C=O) groups excluding carboxylic acids is 1. The molecular weight excluding hydrogens is 274 g/mol. The third kappa shape index (κ3) is 4.24. The van der Waals surface area contributed by atoms with Crippen LogP contribution >= 0.6 is 11.8 Å². The number of rotatable bonds is 8. The fraction of sp³-hybridized carbons (Fsp3) is 0.714. The summed E-state index contributed by atoms with van der Waals surface area (Å²) >= 11 is 1.77. The van der Waals surface area contributed by atoms with Gasteiger partial charge in [-0.15, -0.1) is 11.8 Å². The first kappa shape index (κ1) is 15.4. The average molecular weight is 297 g/mol. The number of methoxy groups -OCH3 is 1. The molecule has 1 N–H and O–H groups in total. The predicted molar refractivity (Wildman–Crippen MR) is 79.7 cm³/mol. The third-order valence-electron chi connectivity index (χ3n) is 3.51. The Hall–Kier alpha value is -1.01. The highest BCUT2D eigenvalue weighted by atomic mass is 32.2. The van der Waals surface area contributed by atoms with Crippen molar-refractivity contribution in [2.75, 3.05) is 12.9 Å². The van der Waals surface area contributed by atoms with Gasteiger partial charge in [0.2, 0.25) is 0 Å². The number of aromatic nitrogens is 2. The summed E-state index contributed by atoms with van der Waals surface area (Å²) in [5.74, 6) is 0.820. The second-order valence-corrected chi connectivity index (χ2v) is 6.71. The van der Waals surface area contributed by atoms with Crippen molar-refractivity contribution < 1.29 is 9.53 Å². The van der Waals surface area contributed by atoms with Crippen LogP contribution in [0.1, 0.15) is 32.6 Å². The van der Waals surface area contributed by atoms with Crippen LogP contribution in [0.3, 0.4) is 0 Å². The van der Waals surface area contributed by atoms with Gasteiger partial charge in [0.1, 0.15) is 5.54 Å². The summed E-state index contributed by atoms with van der Waals surface area (Å²) in [5.41, 5.74) is -0.550. The monoisotopic (exact) mass is 297 g/mol. The van der Waals surface area contributed by atoms with E-state index >= 15 is 0 Å². The van der Waals surface area contributed by atoms with Crippen molar-refractivity contribution >= 4 is 17.7 Å². The van der Waals surface area contributed by atoms with Crippen LogP contribution in [0, 0.1) is 0 Å². The highest BCUT2D eigenvalue weighted by Gasteiger charge is 2.38. The number of nitrogens with zero attached hydrogens (tertiary/aromatic N) is 2. The highest BCUT2D eigenvalue weighted by molar-refractivity contribution is 7.99. The number of carbonyl (C=O) groups is 1. The maximum atomic E-state index is 12.0. The second kappa shape index (κ2) is 6.63. The zero-order valence-corrected chi connectivity index (χ0v) is 13.2. The fourth-order valence-corrected chi connectivity index (χ4v) is 3.10. The molecule has 1 aliphatic rings. The van der Waals surface area contributed by atoms with Crippen molar-refractivity contribution in [3.05, 3.63) is 12.4 Å². The molecule has 1 aromatic rings. The first-order chi connectivity index (χ1) is 9.53. The molecule has 0 aliphatic heterocycles. The molecule has 0 spiro atoms. The van der Waals surface area contributed by atoms with Crippen molar-refractivity contribution in [3.63, 3.8) is 0 Å². The van der Waals surface area contributed by atoms with Crippen LogP contribution in [0.5, 0.6) is 0 Å². The minimum atomic E-state index is -0.550. The van der Waals surface area contributed by atoms with Gasteiger partial charge in [-0.1, -0.05) is 0 Å². The molecule has 1 atom stereocenters. The first-order valence-corrected chi connectivity index (χ1v) is 7.99. The Morgan fingerprint density at radius 3 is 2.95 bits per heavy atom. The van der Waals surface area contributed by atoms with Crippen LogP contribution in [0.4, 0.5) is 0 Å². The van der Waals surface area contributed by atoms with Crippen molar-refractivity contribution in [3.8, 4) is 0 Å². The van der Waals surface area contributed by atoms with Crippen LogP contribution < -0.4 is 5.32 Å². The Kier molecular flexibility index (Phi) is 5.10. The van der Waals surface area contributed by atoms with Gasteiger partial charge in [0.25, 0.3) is 0 Å². The summed E-state index contributed by atoms with van der Waals surface area (Å²) < 4.78 is 6.74. The molecule has 0 amide bonds. The van der Waals surface area contributed by atoms with Gasteiger partial charge in [0.05, 0.1) is 13.3 Å². The number of nitrogens with one attached hydrogen (secondary N) is 1. The number of hydrogen-bond acceptors (Lipinski definition) is 5. The van der Waals surface area contributed by atoms with Gasteiger partial charge in [-0.3, -0.25) is 14.8 Å². The van der Waals surface area contributed by atoms with E-state index in [4.69, 9.17) is 4.74 Å². The average Bonchev–Trinajstić information content (AvgIpc) is 3.14. The SMILES string of the molecule is COC(=O)C(C)(CCCSc1cnn(C)c1)NC1CC1. The van der Waals surface area contributed by atoms with Gasteiger partial charge in [-0.25, -0.2) is 0 Å². The number of hydrogen-bond donors (Lipinski definition) is 1. The van der Waals surface area contributed by atoms with E-state index in [1.165, 1.54) is 12.0 Å². The second-order valence-electron chi connectivity index (χ2n) is 5.54. The molecule has 20 heavy (non-hydrogen) atoms. The van der Waals surface area contributed by atoms with Gasteiger partial charge in [0.15, 0.2) is 0 Å². The van der Waals surface area contributed by atoms with E-state index in [1.807, 2.05) is 26.4 Å². The minimum Gasteiger partial charge on any atom is -0.468 e. The molecule has 1 heterocycles. The maximum Gasteiger partial charge on any atom is 0.325 e. The molecule has 0 aromatic carbocycles. The summed E-state index contributed by atoms with van der Waals surface area (Å²) in [7, 11) is 3.37. The Morgan fingerprint density at radius 1 is 1.65 bits per heavy atom. The molecule has 1 fully saturated rings. The highest BCUT2D eigenvalue weighted by Crippen LogP contribution is 2.27. The number of esters is 1. The Balaban J connectivity index is 1.77. The smallest absolute Gasteiger partial charge is 0.325 e. The van der Waals surface area contributed by atoms with Gasteiger partial charge in [-0.2, -0.15) is 5.10 Å². The van der Waals surface area contributed by atoms with Crippen molar-refractivity contribution in [2.45, 2.75) is 49.1 Å². The molecule has 6 heteroatoms. The molecule has 1 aliphatic carbocycles. The minimum absolute atomic E-state index is 0.157. The largest absolute Gasteiger partial charge is 0.468 e. The number of ether oxygens (including phenoxy) is 1. The zero-order valence-electron chi connectivity index (χ0n) is 12.4. The molecule has 0 radical (unpaired) electrons. The van der Waals surface area contributed by atoms with Crippen molar-refractivity contribution in [1.82, 2.24) is 15.1 Å². The van der Waals surface area contributed by atoms with E-state index in [9.17, 15) is 4.79 Å². The van der Waals surface area contributed by atoms with Gasteiger partial charge >= 0.3 is 5.97 Å². The van der Waals surface area contributed by atoms with E-state index < -0.39 is 5.54 Å². The normalized spacial score (nSPS) is 17.8. The third-order valence-corrected chi connectivity index (χ3v) is 4.54. The van der Waals surface area contributed by atoms with Gasteiger partial charge in [-0.05, 0) is 38.4 Å². The van der Waals surface area contributed by atoms with Crippen LogP contribution in [0.2, 0.25) is 0 Å². The van der Waals surface area contributed by atoms with Crippen LogP contribution in [0.25, 0.3) is 0 Å². The van der Waals surface area contributed by atoms with Crippen LogP contribution in [-0.4, -0.2) is 40.2 Å². The quantitative estimate of drug-likeness (QED) is 0.452. The zero-order chi connectivity index (χ0) is 14.6. The summed E-state index contributed by atoms with van der Waals surface area (Å²) in [6.07, 6.45) is 7.96. The molecular formula is C14H23N3O2S. The van der Waals surface area contributed by atoms with E-state index in [2.05, 4.69) is 10.4 Å². The molecule has 1 unspecified atom stereocenters. The molecule has 2 rings (SSSR count). The summed E-state index contributed by atoms with van der Waals surface area (Å²) in [6.45, 7) is 1.95. The fourth-order valence-electron chi connectivity index (χ4n) is 2.23. The molecule has 5 nitrogen and oxygen atoms in total. The van der Waals surface area contributed by atoms with Crippen LogP contribution in [-0.2, 0) is 16.6 Å². The van der Waals surface area contributed by atoms with Crippen molar-refractivity contribution in [1.29, 1.82) is 0 Å². The lowest BCUT2D eigenvalue weighted by Crippen LogP contribution is -2.51. The molecule has 112 valence electrons. The maximum absolute atomic E-state index is 12.0. The number of thioether (sulfide) groups is 1. The predicted octanol–water partition coefficient (Wildman–Crippen LogP) is 1.98. The summed E-state index contributed by atoms with van der Waals surface area (Å²) in [4.78, 5) is 13.1. The van der Waals surface area contributed by atoms with Crippen molar-refractivity contribution in [2.24, 2.45) is 7.05 Å². The number of aryl methyl sites for hydroxylation is 1. The van der Waals surface area contributed by atoms with E-state index in [-0.39, 0.29) is 5.97 Å². The van der Waals surface area contributed by atoms with Gasteiger partial charge < -0.3 is 4.74 Å². The van der Waals surface area contributed by atoms with Crippen LogP contribution in [0.15, 0.2) is 17.3 Å². The summed E-state index contributed by atoms with van der Waals surface area (Å²) in [6, 6.07) is 0.491. The first-order valence-electron chi connectivity index (χ1n) is 7.01. The lowest BCUT2D eigenvalue weighted by molar-refractivity contribution is -0.148. The standard InChI is InChI=1S/C14H23N3O2S/c1-14(13(18)19-3,16-11-5-6-11)7-4-8-20-12-9-15-17(2)10-12/h9-11,16H,4-8H2,1-3H3. The molecule has 1 saturated carbocycles. The summed E-state index contributed by atoms with van der Waals surface area (Å²) in [5, 5.41) is 7.56. The molecule has 1 aromatic heterocycles. The Labute approximate surface area is 124 Å². The lowest BCUT2D eigenvalue weighted by atomic mass is 9.96. The topological polar surface area (TPSA) is 56.1 Å². The van der Waals surface area contributed by atoms with E-state index in [0.717, 1.165) is 31.4 Å². The molecule has 0 saturated heterocycles. The molecule has 0 bridgehead atoms. The lowest BCUT2D eigenvalue weighted by Gasteiger charge is -2.28. The Morgan fingerprint density at radius 2 is 2.40 bits per heavy atom. The van der Waals surface area contributed by atoms with Gasteiger partial charge in [0, 0.05) is 24.2 Å². The van der Waals surface area contributed by atoms with E-state index in [1.54, 1.807) is 16.4 Å². The Bertz CT molecular complexity index is 459.